The molecular formula is C21H27N3O. The molecule has 0 spiro atoms. The minimum Gasteiger partial charge on any atom is -0.324 e. The van der Waals surface area contributed by atoms with Crippen molar-refractivity contribution in [3.63, 3.8) is 0 Å². The van der Waals surface area contributed by atoms with Crippen LogP contribution in [0.25, 0.3) is 0 Å². The number of amides is 1. The number of carbonyl (C=O) groups excluding carboxylic acids is 1. The van der Waals surface area contributed by atoms with E-state index in [1.807, 2.05) is 38.1 Å². The zero-order valence-electron chi connectivity index (χ0n) is 15.1. The summed E-state index contributed by atoms with van der Waals surface area (Å²) in [5.74, 6) is 0.0748. The first-order chi connectivity index (χ1) is 12.1. The lowest BCUT2D eigenvalue weighted by atomic mass is 10.1. The molecule has 1 fully saturated rings. The van der Waals surface area contributed by atoms with Crippen LogP contribution in [0.5, 0.6) is 0 Å². The number of anilines is 1. The average Bonchev–Trinajstić information content (AvgIpc) is 2.64. The van der Waals surface area contributed by atoms with Gasteiger partial charge in [-0.15, -0.1) is 0 Å². The van der Waals surface area contributed by atoms with Crippen LogP contribution in [-0.4, -0.2) is 47.9 Å². The van der Waals surface area contributed by atoms with Crippen LogP contribution in [0.1, 0.15) is 18.1 Å². The number of rotatable bonds is 5. The van der Waals surface area contributed by atoms with Crippen LogP contribution in [0, 0.1) is 6.92 Å². The van der Waals surface area contributed by atoms with Gasteiger partial charge in [0.25, 0.3) is 0 Å². The van der Waals surface area contributed by atoms with Crippen LogP contribution in [0.2, 0.25) is 0 Å². The maximum Gasteiger partial charge on any atom is 0.241 e. The number of hydrogen-bond donors (Lipinski definition) is 1. The zero-order valence-corrected chi connectivity index (χ0v) is 15.1. The van der Waals surface area contributed by atoms with Gasteiger partial charge in [-0.2, -0.15) is 0 Å². The second kappa shape index (κ2) is 8.28. The number of piperazine rings is 1. The summed E-state index contributed by atoms with van der Waals surface area (Å²) in [6.45, 7) is 8.85. The van der Waals surface area contributed by atoms with Crippen molar-refractivity contribution in [2.45, 2.75) is 26.4 Å². The molecule has 1 N–H and O–H groups in total. The largest absolute Gasteiger partial charge is 0.324 e. The van der Waals surface area contributed by atoms with Gasteiger partial charge in [-0.3, -0.25) is 14.6 Å². The van der Waals surface area contributed by atoms with Crippen molar-refractivity contribution < 1.29 is 4.79 Å². The summed E-state index contributed by atoms with van der Waals surface area (Å²) >= 11 is 0. The van der Waals surface area contributed by atoms with E-state index in [9.17, 15) is 4.79 Å². The third kappa shape index (κ3) is 4.68. The van der Waals surface area contributed by atoms with Crippen LogP contribution in [0.3, 0.4) is 0 Å². The normalized spacial score (nSPS) is 17.2. The van der Waals surface area contributed by atoms with Gasteiger partial charge in [-0.25, -0.2) is 0 Å². The first kappa shape index (κ1) is 17.6. The summed E-state index contributed by atoms with van der Waals surface area (Å²) in [7, 11) is 0. The average molecular weight is 337 g/mol. The molecule has 2 aromatic rings. The second-order valence-electron chi connectivity index (χ2n) is 6.78. The molecule has 0 bridgehead atoms. The molecule has 0 unspecified atom stereocenters. The lowest BCUT2D eigenvalue weighted by Crippen LogP contribution is -2.52. The minimum absolute atomic E-state index is 0.0748. The lowest BCUT2D eigenvalue weighted by molar-refractivity contribution is -0.121. The highest BCUT2D eigenvalue weighted by Gasteiger charge is 2.25. The number of hydrogen-bond acceptors (Lipinski definition) is 3. The maximum atomic E-state index is 12.6. The Labute approximate surface area is 150 Å². The molecule has 1 heterocycles. The SMILES string of the molecule is Cc1ccccc1NC(=O)[C@H](C)N1CCN(Cc2ccccc2)CC1. The third-order valence-corrected chi connectivity index (χ3v) is 4.99. The lowest BCUT2D eigenvalue weighted by Gasteiger charge is -2.37. The summed E-state index contributed by atoms with van der Waals surface area (Å²) in [4.78, 5) is 17.3. The summed E-state index contributed by atoms with van der Waals surface area (Å²) in [5.41, 5.74) is 3.35. The fourth-order valence-corrected chi connectivity index (χ4v) is 3.27. The minimum atomic E-state index is -0.113. The Morgan fingerprint density at radius 2 is 1.64 bits per heavy atom. The smallest absolute Gasteiger partial charge is 0.241 e. The zero-order chi connectivity index (χ0) is 17.6. The number of nitrogens with one attached hydrogen (secondary N) is 1. The molecule has 0 aromatic heterocycles. The summed E-state index contributed by atoms with van der Waals surface area (Å²) in [5, 5.41) is 3.06. The van der Waals surface area contributed by atoms with Gasteiger partial charge in [0.2, 0.25) is 5.91 Å². The van der Waals surface area contributed by atoms with Crippen molar-refractivity contribution in [1.82, 2.24) is 9.80 Å². The van der Waals surface area contributed by atoms with Crippen molar-refractivity contribution in [2.24, 2.45) is 0 Å². The molecule has 3 rings (SSSR count). The van der Waals surface area contributed by atoms with Crippen LogP contribution >= 0.6 is 0 Å². The predicted molar refractivity (Wildman–Crippen MR) is 103 cm³/mol. The van der Waals surface area contributed by atoms with Gasteiger partial charge in [0, 0.05) is 38.4 Å². The van der Waals surface area contributed by atoms with Gasteiger partial charge in [-0.1, -0.05) is 48.5 Å². The number of para-hydroxylation sites is 1. The fraction of sp³-hybridized carbons (Fsp3) is 0.381. The Morgan fingerprint density at radius 1 is 1.00 bits per heavy atom. The highest BCUT2D eigenvalue weighted by atomic mass is 16.2. The van der Waals surface area contributed by atoms with Gasteiger partial charge < -0.3 is 5.32 Å². The van der Waals surface area contributed by atoms with Gasteiger partial charge in [0.1, 0.15) is 0 Å². The molecule has 0 saturated carbocycles. The van der Waals surface area contributed by atoms with E-state index in [4.69, 9.17) is 0 Å². The Balaban J connectivity index is 1.50. The Hall–Kier alpha value is -2.17. The first-order valence-corrected chi connectivity index (χ1v) is 9.00. The van der Waals surface area contributed by atoms with Crippen LogP contribution < -0.4 is 5.32 Å². The molecule has 132 valence electrons. The van der Waals surface area contributed by atoms with E-state index in [-0.39, 0.29) is 11.9 Å². The van der Waals surface area contributed by atoms with E-state index in [0.717, 1.165) is 44.0 Å². The standard InChI is InChI=1S/C21H27N3O/c1-17-8-6-7-11-20(17)22-21(25)18(2)24-14-12-23(13-15-24)16-19-9-4-3-5-10-19/h3-11,18H,12-16H2,1-2H3,(H,22,25)/t18-/m0/s1. The summed E-state index contributed by atoms with van der Waals surface area (Å²) in [6.07, 6.45) is 0. The van der Waals surface area contributed by atoms with Crippen LogP contribution in [0.15, 0.2) is 54.6 Å². The molecule has 0 radical (unpaired) electrons. The first-order valence-electron chi connectivity index (χ1n) is 9.00. The Kier molecular flexibility index (Phi) is 5.84. The molecule has 1 atom stereocenters. The number of nitrogens with zero attached hydrogens (tertiary/aromatic N) is 2. The molecule has 0 aliphatic carbocycles. The molecular weight excluding hydrogens is 310 g/mol. The fourth-order valence-electron chi connectivity index (χ4n) is 3.27. The maximum absolute atomic E-state index is 12.6. The monoisotopic (exact) mass is 337 g/mol. The molecule has 4 heteroatoms. The van der Waals surface area contributed by atoms with Crippen molar-refractivity contribution in [1.29, 1.82) is 0 Å². The van der Waals surface area contributed by atoms with E-state index < -0.39 is 0 Å². The van der Waals surface area contributed by atoms with E-state index in [2.05, 4.69) is 45.4 Å². The molecule has 25 heavy (non-hydrogen) atoms. The van der Waals surface area contributed by atoms with Gasteiger partial charge in [0.15, 0.2) is 0 Å². The number of carbonyl (C=O) groups is 1. The molecule has 1 amide bonds. The van der Waals surface area contributed by atoms with Gasteiger partial charge in [-0.05, 0) is 31.0 Å². The second-order valence-corrected chi connectivity index (χ2v) is 6.78. The Bertz CT molecular complexity index is 693. The highest BCUT2D eigenvalue weighted by Crippen LogP contribution is 2.15. The van der Waals surface area contributed by atoms with Gasteiger partial charge >= 0.3 is 0 Å². The quantitative estimate of drug-likeness (QED) is 0.910. The molecule has 4 nitrogen and oxygen atoms in total. The van der Waals surface area contributed by atoms with Crippen LogP contribution in [0.4, 0.5) is 5.69 Å². The molecule has 1 aliphatic heterocycles. The summed E-state index contributed by atoms with van der Waals surface area (Å²) in [6, 6.07) is 18.4. The topological polar surface area (TPSA) is 35.6 Å². The van der Waals surface area contributed by atoms with E-state index in [1.165, 1.54) is 5.56 Å². The van der Waals surface area contributed by atoms with Crippen molar-refractivity contribution >= 4 is 11.6 Å². The van der Waals surface area contributed by atoms with E-state index in [0.29, 0.717) is 0 Å². The molecule has 2 aromatic carbocycles. The number of benzene rings is 2. The van der Waals surface area contributed by atoms with E-state index >= 15 is 0 Å². The Morgan fingerprint density at radius 3 is 2.32 bits per heavy atom. The van der Waals surface area contributed by atoms with E-state index in [1.54, 1.807) is 0 Å². The summed E-state index contributed by atoms with van der Waals surface area (Å²) < 4.78 is 0. The predicted octanol–water partition coefficient (Wildman–Crippen LogP) is 3.14. The van der Waals surface area contributed by atoms with Crippen molar-refractivity contribution in [2.75, 3.05) is 31.5 Å². The molecule has 1 aliphatic rings. The van der Waals surface area contributed by atoms with Gasteiger partial charge in [0.05, 0.1) is 6.04 Å². The third-order valence-electron chi connectivity index (χ3n) is 4.99. The van der Waals surface area contributed by atoms with Crippen molar-refractivity contribution in [3.8, 4) is 0 Å². The number of aryl methyl sites for hydroxylation is 1. The highest BCUT2D eigenvalue weighted by molar-refractivity contribution is 5.95. The van der Waals surface area contributed by atoms with Crippen molar-refractivity contribution in [3.05, 3.63) is 65.7 Å². The van der Waals surface area contributed by atoms with Crippen LogP contribution in [-0.2, 0) is 11.3 Å². The molecule has 1 saturated heterocycles.